The summed E-state index contributed by atoms with van der Waals surface area (Å²) in [4.78, 5) is 0. The van der Waals surface area contributed by atoms with Crippen LogP contribution in [-0.4, -0.2) is 11.7 Å². The van der Waals surface area contributed by atoms with Crippen LogP contribution in [0.1, 0.15) is 66.7 Å². The molecule has 1 aliphatic rings. The maximum absolute atomic E-state index is 9.90. The van der Waals surface area contributed by atoms with Gasteiger partial charge in [0.05, 0.1) is 6.61 Å². The first kappa shape index (κ1) is 19.6. The number of unbranched alkanes of at least 4 members (excludes halogenated alkanes) is 3. The van der Waals surface area contributed by atoms with Crippen molar-refractivity contribution >= 4 is 0 Å². The maximum Gasteiger partial charge on any atom is 0.126 e. The van der Waals surface area contributed by atoms with Crippen LogP contribution in [0.4, 0.5) is 0 Å². The normalized spacial score (nSPS) is 18.1. The number of benzene rings is 3. The van der Waals surface area contributed by atoms with Gasteiger partial charge in [-0.25, -0.2) is 0 Å². The molecule has 0 amide bonds. The Morgan fingerprint density at radius 1 is 0.862 bits per heavy atom. The quantitative estimate of drug-likeness (QED) is 0.451. The zero-order valence-electron chi connectivity index (χ0n) is 17.2. The highest BCUT2D eigenvalue weighted by Crippen LogP contribution is 2.46. The molecule has 0 spiro atoms. The third-order valence-corrected chi connectivity index (χ3v) is 6.04. The predicted molar refractivity (Wildman–Crippen MR) is 119 cm³/mol. The summed E-state index contributed by atoms with van der Waals surface area (Å²) in [6.45, 7) is 2.87. The van der Waals surface area contributed by atoms with E-state index in [-0.39, 0.29) is 17.6 Å². The van der Waals surface area contributed by atoms with Crippen molar-refractivity contribution in [3.8, 4) is 11.5 Å². The van der Waals surface area contributed by atoms with Gasteiger partial charge in [0.2, 0.25) is 0 Å². The molecule has 2 atom stereocenters. The van der Waals surface area contributed by atoms with Crippen molar-refractivity contribution < 1.29 is 9.84 Å². The van der Waals surface area contributed by atoms with E-state index in [1.807, 2.05) is 6.07 Å². The molecule has 3 aromatic carbocycles. The van der Waals surface area contributed by atoms with Gasteiger partial charge in [-0.3, -0.25) is 0 Å². The van der Waals surface area contributed by atoms with Gasteiger partial charge in [0.25, 0.3) is 0 Å². The molecule has 1 heterocycles. The highest BCUT2D eigenvalue weighted by atomic mass is 16.5. The molecule has 4 rings (SSSR count). The summed E-state index contributed by atoms with van der Waals surface area (Å²) in [6, 6.07) is 25.3. The predicted octanol–water partition coefficient (Wildman–Crippen LogP) is 6.82. The van der Waals surface area contributed by atoms with Crippen LogP contribution in [0.15, 0.2) is 72.8 Å². The smallest absolute Gasteiger partial charge is 0.126 e. The van der Waals surface area contributed by atoms with Crippen LogP contribution in [0.5, 0.6) is 11.5 Å². The molecule has 0 aromatic heterocycles. The van der Waals surface area contributed by atoms with Crippen molar-refractivity contribution in [3.63, 3.8) is 0 Å². The summed E-state index contributed by atoms with van der Waals surface area (Å²) >= 11 is 0. The summed E-state index contributed by atoms with van der Waals surface area (Å²) < 4.78 is 6.06. The third-order valence-electron chi connectivity index (χ3n) is 6.04. The molecular weight excluding hydrogens is 356 g/mol. The van der Waals surface area contributed by atoms with Gasteiger partial charge >= 0.3 is 0 Å². The van der Waals surface area contributed by atoms with Gasteiger partial charge in [0.15, 0.2) is 0 Å². The average molecular weight is 387 g/mol. The van der Waals surface area contributed by atoms with Crippen molar-refractivity contribution in [2.24, 2.45) is 0 Å². The number of aromatic hydroxyl groups is 1. The highest BCUT2D eigenvalue weighted by Gasteiger charge is 2.33. The number of aryl methyl sites for hydroxylation is 1. The van der Waals surface area contributed by atoms with Gasteiger partial charge in [0, 0.05) is 23.5 Å². The van der Waals surface area contributed by atoms with E-state index in [1.54, 1.807) is 12.1 Å². The van der Waals surface area contributed by atoms with E-state index in [2.05, 4.69) is 61.5 Å². The SMILES string of the molecule is CCCCCCc1ccc([C@@H]2c3ccc(O)cc3OC[C@@H]2c2ccccc2)cc1. The van der Waals surface area contributed by atoms with E-state index in [4.69, 9.17) is 4.74 Å². The fraction of sp³-hybridized carbons (Fsp3) is 0.333. The third kappa shape index (κ3) is 4.48. The molecule has 0 unspecified atom stereocenters. The first-order valence-corrected chi connectivity index (χ1v) is 10.9. The second kappa shape index (κ2) is 9.17. The van der Waals surface area contributed by atoms with Crippen LogP contribution in [0.3, 0.4) is 0 Å². The molecule has 0 bridgehead atoms. The standard InChI is InChI=1S/C27H30O2/c1-2-3-4-6-9-20-12-14-22(15-13-20)27-24-17-16-23(28)18-26(24)29-19-25(27)21-10-7-5-8-11-21/h5,7-8,10-18,25,27-28H,2-4,6,9,19H2,1H3/t25-,27-/m1/s1. The molecular formula is C27H30O2. The number of fused-ring (bicyclic) bond motifs is 1. The summed E-state index contributed by atoms with van der Waals surface area (Å²) in [5, 5.41) is 9.90. The lowest BCUT2D eigenvalue weighted by molar-refractivity contribution is 0.248. The molecule has 0 radical (unpaired) electrons. The molecule has 1 aliphatic heterocycles. The Kier molecular flexibility index (Phi) is 6.19. The molecule has 2 nitrogen and oxygen atoms in total. The summed E-state index contributed by atoms with van der Waals surface area (Å²) in [6.07, 6.45) is 6.33. The van der Waals surface area contributed by atoms with Crippen LogP contribution in [-0.2, 0) is 6.42 Å². The fourth-order valence-electron chi connectivity index (χ4n) is 4.45. The molecule has 150 valence electrons. The Balaban J connectivity index is 1.64. The van der Waals surface area contributed by atoms with Gasteiger partial charge < -0.3 is 9.84 Å². The van der Waals surface area contributed by atoms with Crippen LogP contribution in [0, 0.1) is 0 Å². The summed E-state index contributed by atoms with van der Waals surface area (Å²) in [7, 11) is 0. The zero-order valence-corrected chi connectivity index (χ0v) is 17.2. The van der Waals surface area contributed by atoms with Crippen LogP contribution in [0.2, 0.25) is 0 Å². The van der Waals surface area contributed by atoms with E-state index in [0.717, 1.165) is 17.7 Å². The second-order valence-corrected chi connectivity index (χ2v) is 8.08. The van der Waals surface area contributed by atoms with Crippen molar-refractivity contribution in [2.45, 2.75) is 50.9 Å². The average Bonchev–Trinajstić information content (AvgIpc) is 2.77. The van der Waals surface area contributed by atoms with E-state index >= 15 is 0 Å². The number of phenols is 1. The van der Waals surface area contributed by atoms with Gasteiger partial charge in [-0.2, -0.15) is 0 Å². The highest BCUT2D eigenvalue weighted by molar-refractivity contribution is 5.50. The lowest BCUT2D eigenvalue weighted by Crippen LogP contribution is -2.25. The van der Waals surface area contributed by atoms with Crippen molar-refractivity contribution in [3.05, 3.63) is 95.1 Å². The zero-order chi connectivity index (χ0) is 20.1. The summed E-state index contributed by atoms with van der Waals surface area (Å²) in [5.74, 6) is 1.52. The monoisotopic (exact) mass is 386 g/mol. The van der Waals surface area contributed by atoms with Gasteiger partial charge in [0.1, 0.15) is 11.5 Å². The van der Waals surface area contributed by atoms with E-state index in [9.17, 15) is 5.11 Å². The Labute approximate surface area is 174 Å². The number of ether oxygens (including phenoxy) is 1. The van der Waals surface area contributed by atoms with Gasteiger partial charge in [-0.05, 0) is 35.6 Å². The second-order valence-electron chi connectivity index (χ2n) is 8.08. The first-order valence-electron chi connectivity index (χ1n) is 10.9. The fourth-order valence-corrected chi connectivity index (χ4v) is 4.45. The molecule has 0 fully saturated rings. The van der Waals surface area contributed by atoms with E-state index < -0.39 is 0 Å². The Morgan fingerprint density at radius 2 is 1.66 bits per heavy atom. The Hall–Kier alpha value is -2.74. The molecule has 0 saturated heterocycles. The Bertz CT molecular complexity index is 915. The largest absolute Gasteiger partial charge is 0.508 e. The molecule has 2 heteroatoms. The van der Waals surface area contributed by atoms with E-state index in [1.165, 1.54) is 42.4 Å². The molecule has 29 heavy (non-hydrogen) atoms. The van der Waals surface area contributed by atoms with Gasteiger partial charge in [-0.1, -0.05) is 86.8 Å². The minimum absolute atomic E-state index is 0.218. The van der Waals surface area contributed by atoms with Crippen LogP contribution in [0.25, 0.3) is 0 Å². The first-order chi connectivity index (χ1) is 14.3. The number of hydrogen-bond acceptors (Lipinski definition) is 2. The molecule has 1 N–H and O–H groups in total. The number of phenolic OH excluding ortho intramolecular Hbond substituents is 1. The van der Waals surface area contributed by atoms with E-state index in [0.29, 0.717) is 6.61 Å². The molecule has 3 aromatic rings. The van der Waals surface area contributed by atoms with Gasteiger partial charge in [-0.15, -0.1) is 0 Å². The number of hydrogen-bond donors (Lipinski definition) is 1. The lowest BCUT2D eigenvalue weighted by atomic mass is 9.75. The van der Waals surface area contributed by atoms with Crippen molar-refractivity contribution in [1.82, 2.24) is 0 Å². The number of rotatable bonds is 7. The van der Waals surface area contributed by atoms with Crippen molar-refractivity contribution in [1.29, 1.82) is 0 Å². The minimum atomic E-state index is 0.218. The minimum Gasteiger partial charge on any atom is -0.508 e. The Morgan fingerprint density at radius 3 is 2.41 bits per heavy atom. The maximum atomic E-state index is 9.90. The lowest BCUT2D eigenvalue weighted by Gasteiger charge is -2.34. The van der Waals surface area contributed by atoms with Crippen LogP contribution >= 0.6 is 0 Å². The molecule has 0 saturated carbocycles. The van der Waals surface area contributed by atoms with Crippen LogP contribution < -0.4 is 4.74 Å². The summed E-state index contributed by atoms with van der Waals surface area (Å²) in [5.41, 5.74) is 5.17. The topological polar surface area (TPSA) is 29.5 Å². The van der Waals surface area contributed by atoms with Crippen molar-refractivity contribution in [2.75, 3.05) is 6.61 Å². The molecule has 0 aliphatic carbocycles.